The molecule has 2 nitrogen and oxygen atoms in total. The Bertz CT molecular complexity index is 6.00. The van der Waals surface area contributed by atoms with E-state index in [0.717, 1.165) is 0 Å². The van der Waals surface area contributed by atoms with Gasteiger partial charge in [0.2, 0.25) is 0 Å². The van der Waals surface area contributed by atoms with E-state index in [9.17, 15) is 0 Å². The summed E-state index contributed by atoms with van der Waals surface area (Å²) < 4.78 is 8.34. The molecule has 4 heavy (non-hydrogen) atoms. The normalized spacial score (nSPS) is 1.00. The van der Waals surface area contributed by atoms with E-state index in [2.05, 4.69) is 0 Å². The molecule has 0 fully saturated rings. The quantitative estimate of drug-likeness (QED) is 0.403. The number of hydrogen-bond acceptors (Lipinski definition) is 1. The van der Waals surface area contributed by atoms with Gasteiger partial charge in [-0.05, 0) is 0 Å². The van der Waals surface area contributed by atoms with Crippen molar-refractivity contribution in [1.82, 2.24) is 0 Å². The average Bonchev–Trinajstić information content (AvgIpc) is 1.00. The summed E-state index contributed by atoms with van der Waals surface area (Å²) in [5.41, 5.74) is 0. The third-order valence-corrected chi connectivity index (χ3v) is 0. The van der Waals surface area contributed by atoms with Crippen LogP contribution in [0.2, 0.25) is 0 Å². The Hall–Kier alpha value is 1.82. The van der Waals surface area contributed by atoms with Gasteiger partial charge in [0.1, 0.15) is 0 Å². The SMILES string of the molecule is O.[CaH2].[O]=[Sn]. The van der Waals surface area contributed by atoms with Crippen LogP contribution in [0, 0.1) is 0 Å². The molecule has 4 heteroatoms. The van der Waals surface area contributed by atoms with Crippen LogP contribution in [0.15, 0.2) is 0 Å². The van der Waals surface area contributed by atoms with Crippen LogP contribution < -0.4 is 0 Å². The van der Waals surface area contributed by atoms with Gasteiger partial charge in [0.05, 0.1) is 0 Å². The first-order chi connectivity index (χ1) is 1.00. The second-order valence-corrected chi connectivity index (χ2v) is 0. The molecule has 0 saturated carbocycles. The summed E-state index contributed by atoms with van der Waals surface area (Å²) in [6.45, 7) is 0. The molecule has 0 heterocycles. The first-order valence-corrected chi connectivity index (χ1v) is 1.37. The van der Waals surface area contributed by atoms with Crippen molar-refractivity contribution in [2.75, 3.05) is 0 Å². The summed E-state index contributed by atoms with van der Waals surface area (Å²) in [5, 5.41) is 0. The molecular formula is H4CaO2Sn. The molecule has 0 atom stereocenters. The van der Waals surface area contributed by atoms with Gasteiger partial charge in [-0.2, -0.15) is 0 Å². The second-order valence-electron chi connectivity index (χ2n) is 0. The van der Waals surface area contributed by atoms with Gasteiger partial charge in [-0.3, -0.25) is 0 Å². The van der Waals surface area contributed by atoms with Gasteiger partial charge >= 0.3 is 63.3 Å². The van der Waals surface area contributed by atoms with Crippen LogP contribution in [0.5, 0.6) is 0 Å². The molecule has 0 aromatic heterocycles. The van der Waals surface area contributed by atoms with Gasteiger partial charge in [-0.25, -0.2) is 0 Å². The van der Waals surface area contributed by atoms with E-state index >= 15 is 0 Å². The number of rotatable bonds is 0. The summed E-state index contributed by atoms with van der Waals surface area (Å²) in [7, 11) is 0. The van der Waals surface area contributed by atoms with Crippen molar-refractivity contribution in [3.05, 3.63) is 0 Å². The molecule has 0 aliphatic heterocycles. The Morgan fingerprint density at radius 1 is 1.25 bits per heavy atom. The van der Waals surface area contributed by atoms with Crippen molar-refractivity contribution in [3.63, 3.8) is 0 Å². The van der Waals surface area contributed by atoms with Crippen LogP contribution in [-0.2, 0) is 3.08 Å². The molecule has 0 aromatic carbocycles. The van der Waals surface area contributed by atoms with Crippen LogP contribution in [0.4, 0.5) is 0 Å². The van der Waals surface area contributed by atoms with E-state index in [1.807, 2.05) is 0 Å². The van der Waals surface area contributed by atoms with Crippen LogP contribution in [0.25, 0.3) is 0 Å². The van der Waals surface area contributed by atoms with E-state index in [0.29, 0.717) is 22.5 Å². The van der Waals surface area contributed by atoms with Crippen molar-refractivity contribution in [2.45, 2.75) is 0 Å². The fourth-order valence-electron chi connectivity index (χ4n) is 0. The molecule has 0 rings (SSSR count). The van der Waals surface area contributed by atoms with Gasteiger partial charge in [0, 0.05) is 0 Å². The molecule has 2 radical (unpaired) electrons. The van der Waals surface area contributed by atoms with E-state index < -0.39 is 0 Å². The summed E-state index contributed by atoms with van der Waals surface area (Å²) in [5.74, 6) is 0. The Morgan fingerprint density at radius 2 is 1.25 bits per heavy atom. The van der Waals surface area contributed by atoms with Crippen molar-refractivity contribution >= 4 is 60.2 Å². The number of hydrogen-bond donors (Lipinski definition) is 0. The summed E-state index contributed by atoms with van der Waals surface area (Å²) in [6, 6.07) is 0. The monoisotopic (exact) mass is 196 g/mol. The van der Waals surface area contributed by atoms with Crippen LogP contribution in [0.1, 0.15) is 0 Å². The molecule has 0 aromatic rings. The molecule has 0 saturated heterocycles. The molecule has 2 N–H and O–H groups in total. The molecular weight excluding hydrogens is 191 g/mol. The zero-order valence-corrected chi connectivity index (χ0v) is 4.26. The third-order valence-electron chi connectivity index (χ3n) is 0. The van der Waals surface area contributed by atoms with E-state index in [1.165, 1.54) is 0 Å². The molecule has 22 valence electrons. The predicted octanol–water partition coefficient (Wildman–Crippen LogP) is -2.24. The Morgan fingerprint density at radius 3 is 1.25 bits per heavy atom. The first-order valence-electron chi connectivity index (χ1n) is 0.204. The molecule has 0 aliphatic rings. The fourth-order valence-corrected chi connectivity index (χ4v) is 0. The zero-order valence-electron chi connectivity index (χ0n) is 1.41. The van der Waals surface area contributed by atoms with Crippen LogP contribution in [0.3, 0.4) is 0 Å². The fraction of sp³-hybridized carbons (Fsp3) is 0. The molecule has 0 unspecified atom stereocenters. The molecule has 0 bridgehead atoms. The zero-order chi connectivity index (χ0) is 2.00. The maximum atomic E-state index is 8.34. The van der Waals surface area contributed by atoms with Crippen molar-refractivity contribution in [2.24, 2.45) is 0 Å². The second kappa shape index (κ2) is 21.2. The minimum absolute atomic E-state index is 0. The van der Waals surface area contributed by atoms with Gasteiger partial charge in [0.15, 0.2) is 0 Å². The molecule has 0 amide bonds. The van der Waals surface area contributed by atoms with E-state index in [1.54, 1.807) is 0 Å². The van der Waals surface area contributed by atoms with E-state index in [4.69, 9.17) is 3.08 Å². The maximum absolute atomic E-state index is 8.34. The molecule has 0 aliphatic carbocycles. The summed E-state index contributed by atoms with van der Waals surface area (Å²) in [6.07, 6.45) is 0. The Kier molecular flexibility index (Phi) is 90.3. The van der Waals surface area contributed by atoms with Crippen LogP contribution in [-0.4, -0.2) is 65.7 Å². The average molecular weight is 195 g/mol. The standard InChI is InChI=1S/Ca.H2O.O.Sn.2H/h;1H2;;;;. The van der Waals surface area contributed by atoms with Gasteiger partial charge in [-0.15, -0.1) is 0 Å². The topological polar surface area (TPSA) is 48.6 Å². The summed E-state index contributed by atoms with van der Waals surface area (Å²) in [4.78, 5) is 0. The predicted molar refractivity (Wildman–Crippen MR) is 18.6 cm³/mol. The Labute approximate surface area is 67.7 Å². The van der Waals surface area contributed by atoms with Crippen LogP contribution >= 0.6 is 0 Å². The van der Waals surface area contributed by atoms with Crippen molar-refractivity contribution in [3.8, 4) is 0 Å². The van der Waals surface area contributed by atoms with Gasteiger partial charge < -0.3 is 5.48 Å². The van der Waals surface area contributed by atoms with Gasteiger partial charge in [-0.1, -0.05) is 0 Å². The third kappa shape index (κ3) is 9.17. The Balaban J connectivity index is -0.00000000500. The first kappa shape index (κ1) is 17.0. The van der Waals surface area contributed by atoms with Crippen molar-refractivity contribution < 1.29 is 8.55 Å². The van der Waals surface area contributed by atoms with E-state index in [-0.39, 0.29) is 43.2 Å². The van der Waals surface area contributed by atoms with Gasteiger partial charge in [0.25, 0.3) is 0 Å². The molecule has 0 spiro atoms. The van der Waals surface area contributed by atoms with Crippen molar-refractivity contribution in [1.29, 1.82) is 0 Å². The summed E-state index contributed by atoms with van der Waals surface area (Å²) >= 11 is 0.300. The minimum atomic E-state index is 0.